The Balaban J connectivity index is 1.70. The summed E-state index contributed by atoms with van der Waals surface area (Å²) in [6.07, 6.45) is 0.453. The van der Waals surface area contributed by atoms with E-state index in [9.17, 15) is 36.3 Å². The number of rotatable bonds is 18. The topological polar surface area (TPSA) is 81.8 Å². The van der Waals surface area contributed by atoms with Crippen molar-refractivity contribution in [1.29, 1.82) is 0 Å². The van der Waals surface area contributed by atoms with Gasteiger partial charge in [-0.1, -0.05) is 39.0 Å². The predicted molar refractivity (Wildman–Crippen MR) is 167 cm³/mol. The average Bonchev–Trinajstić information content (AvgIpc) is 3.10. The highest BCUT2D eigenvalue weighted by molar-refractivity contribution is 7.99. The van der Waals surface area contributed by atoms with E-state index in [0.29, 0.717) is 17.9 Å². The maximum Gasteiger partial charge on any atom is 0.453 e. The Hall–Kier alpha value is -2.57. The molecule has 1 heterocycles. The van der Waals surface area contributed by atoms with Crippen LogP contribution in [0.3, 0.4) is 0 Å². The first-order valence-corrected chi connectivity index (χ1v) is 16.5. The molecule has 1 aliphatic heterocycles. The zero-order chi connectivity index (χ0) is 33.1. The van der Waals surface area contributed by atoms with Crippen LogP contribution in [0.5, 0.6) is 0 Å². The first-order chi connectivity index (χ1) is 20.5. The fourth-order valence-corrected chi connectivity index (χ4v) is 5.81. The van der Waals surface area contributed by atoms with Gasteiger partial charge in [-0.05, 0) is 88.6 Å². The van der Waals surface area contributed by atoms with E-state index in [2.05, 4.69) is 10.6 Å². The number of nitrogens with zero attached hydrogens (tertiary/aromatic N) is 2. The minimum Gasteiger partial charge on any atom is -0.335 e. The molecule has 1 aliphatic rings. The van der Waals surface area contributed by atoms with Gasteiger partial charge in [0, 0.05) is 24.7 Å². The number of urea groups is 2. The lowest BCUT2D eigenvalue weighted by Crippen LogP contribution is -2.44. The van der Waals surface area contributed by atoms with Crippen molar-refractivity contribution in [2.24, 2.45) is 0 Å². The second-order valence-corrected chi connectivity index (χ2v) is 13.2. The number of imide groups is 1. The number of hydrogen-bond acceptors (Lipinski definition) is 4. The molecule has 0 aliphatic carbocycles. The zero-order valence-electron chi connectivity index (χ0n) is 26.4. The van der Waals surface area contributed by atoms with E-state index < -0.39 is 24.1 Å². The Kier molecular flexibility index (Phi) is 14.2. The minimum atomic E-state index is -5.48. The molecule has 7 nitrogen and oxygen atoms in total. The van der Waals surface area contributed by atoms with E-state index in [4.69, 9.17) is 0 Å². The maximum absolute atomic E-state index is 13.3. The summed E-state index contributed by atoms with van der Waals surface area (Å²) in [6.45, 7) is 9.64. The van der Waals surface area contributed by atoms with E-state index in [0.717, 1.165) is 62.7 Å². The second-order valence-electron chi connectivity index (χ2n) is 11.9. The standard InChI is InChI=1S/C31H47F5N4O3S/c1-6-23(3)37-27(42)38-25-16-15-24(21-22(25)2)40-26(41)29(4,5)39(28(40)43)18-12-10-8-7-9-11-13-19-44-20-14-17-30(32,33)31(34,35)36/h15-16,21,23H,6-14,17-20H2,1-5H3,(H2,37,38,42). The molecule has 1 unspecified atom stereocenters. The number of benzene rings is 1. The van der Waals surface area contributed by atoms with Gasteiger partial charge in [-0.3, -0.25) is 4.79 Å². The van der Waals surface area contributed by atoms with Crippen LogP contribution in [-0.4, -0.2) is 64.6 Å². The fourth-order valence-electron chi connectivity index (χ4n) is 4.85. The van der Waals surface area contributed by atoms with Gasteiger partial charge in [0.25, 0.3) is 5.91 Å². The van der Waals surface area contributed by atoms with Crippen LogP contribution in [0, 0.1) is 6.92 Å². The highest BCUT2D eigenvalue weighted by Gasteiger charge is 2.56. The number of thioether (sulfide) groups is 1. The van der Waals surface area contributed by atoms with Crippen molar-refractivity contribution >= 4 is 41.1 Å². The van der Waals surface area contributed by atoms with E-state index in [1.165, 1.54) is 16.7 Å². The molecule has 1 fully saturated rings. The molecule has 1 aromatic carbocycles. The summed E-state index contributed by atoms with van der Waals surface area (Å²) >= 11 is 1.41. The SMILES string of the molecule is CCC(C)NC(=O)Nc1ccc(N2C(=O)N(CCCCCCCCCSCCCC(F)(F)C(F)(F)F)C(C)(C)C2=O)cc1C. The van der Waals surface area contributed by atoms with E-state index in [-0.39, 0.29) is 36.2 Å². The molecule has 1 aromatic rings. The lowest BCUT2D eigenvalue weighted by Gasteiger charge is -2.27. The lowest BCUT2D eigenvalue weighted by atomic mass is 10.0. The number of amides is 5. The molecule has 250 valence electrons. The second kappa shape index (κ2) is 16.7. The molecular formula is C31H47F5N4O3S. The Morgan fingerprint density at radius 3 is 2.14 bits per heavy atom. The summed E-state index contributed by atoms with van der Waals surface area (Å²) < 4.78 is 62.3. The summed E-state index contributed by atoms with van der Waals surface area (Å²) in [6, 6.07) is 4.42. The predicted octanol–water partition coefficient (Wildman–Crippen LogP) is 8.90. The summed E-state index contributed by atoms with van der Waals surface area (Å²) in [7, 11) is 0. The van der Waals surface area contributed by atoms with E-state index in [1.54, 1.807) is 36.9 Å². The van der Waals surface area contributed by atoms with Crippen LogP contribution >= 0.6 is 11.8 Å². The van der Waals surface area contributed by atoms with Crippen LogP contribution in [0.2, 0.25) is 0 Å². The van der Waals surface area contributed by atoms with Gasteiger partial charge in [-0.25, -0.2) is 14.5 Å². The Morgan fingerprint density at radius 1 is 0.955 bits per heavy atom. The van der Waals surface area contributed by atoms with Crippen LogP contribution in [0.25, 0.3) is 0 Å². The van der Waals surface area contributed by atoms with Gasteiger partial charge < -0.3 is 15.5 Å². The number of carbonyl (C=O) groups is 3. The number of unbranched alkanes of at least 4 members (excludes halogenated alkanes) is 6. The molecule has 5 amide bonds. The maximum atomic E-state index is 13.3. The average molecular weight is 651 g/mol. The van der Waals surface area contributed by atoms with Crippen LogP contribution in [0.15, 0.2) is 18.2 Å². The molecule has 2 N–H and O–H groups in total. The van der Waals surface area contributed by atoms with Gasteiger partial charge in [-0.2, -0.15) is 33.7 Å². The largest absolute Gasteiger partial charge is 0.453 e. The van der Waals surface area contributed by atoms with Crippen LogP contribution < -0.4 is 15.5 Å². The third kappa shape index (κ3) is 10.5. The third-order valence-corrected chi connectivity index (χ3v) is 9.05. The Bertz CT molecular complexity index is 1120. The van der Waals surface area contributed by atoms with Crippen LogP contribution in [-0.2, 0) is 4.79 Å². The van der Waals surface area contributed by atoms with E-state index in [1.807, 2.05) is 20.8 Å². The number of anilines is 2. The van der Waals surface area contributed by atoms with Crippen molar-refractivity contribution in [3.63, 3.8) is 0 Å². The molecule has 1 atom stereocenters. The van der Waals surface area contributed by atoms with Crippen LogP contribution in [0.4, 0.5) is 42.9 Å². The van der Waals surface area contributed by atoms with Gasteiger partial charge in [-0.15, -0.1) is 0 Å². The summed E-state index contributed by atoms with van der Waals surface area (Å²) in [4.78, 5) is 41.7. The summed E-state index contributed by atoms with van der Waals surface area (Å²) in [5, 5.41) is 5.65. The van der Waals surface area contributed by atoms with Gasteiger partial charge in [0.15, 0.2) is 0 Å². The van der Waals surface area contributed by atoms with Crippen LogP contribution in [0.1, 0.15) is 97.5 Å². The van der Waals surface area contributed by atoms with E-state index >= 15 is 0 Å². The molecule has 0 aromatic heterocycles. The highest BCUT2D eigenvalue weighted by Crippen LogP contribution is 2.39. The third-order valence-electron chi connectivity index (χ3n) is 7.89. The fraction of sp³-hybridized carbons (Fsp3) is 0.710. The number of alkyl halides is 5. The Labute approximate surface area is 262 Å². The molecule has 0 bridgehead atoms. The van der Waals surface area contributed by atoms with Crippen molar-refractivity contribution in [1.82, 2.24) is 10.2 Å². The lowest BCUT2D eigenvalue weighted by molar-refractivity contribution is -0.284. The number of carbonyl (C=O) groups excluding carboxylic acids is 3. The quantitative estimate of drug-likeness (QED) is 0.0945. The number of aryl methyl sites for hydroxylation is 1. The van der Waals surface area contributed by atoms with Crippen molar-refractivity contribution < 1.29 is 36.3 Å². The number of halogens is 5. The Morgan fingerprint density at radius 2 is 1.55 bits per heavy atom. The molecule has 13 heteroatoms. The highest BCUT2D eigenvalue weighted by atomic mass is 32.2. The molecular weight excluding hydrogens is 603 g/mol. The molecule has 2 rings (SSSR count). The normalized spacial score (nSPS) is 16.0. The first kappa shape index (κ1) is 37.6. The van der Waals surface area contributed by atoms with Crippen molar-refractivity contribution in [3.05, 3.63) is 23.8 Å². The summed E-state index contributed by atoms with van der Waals surface area (Å²) in [5.41, 5.74) is 0.787. The number of nitrogens with one attached hydrogen (secondary N) is 2. The van der Waals surface area contributed by atoms with Crippen molar-refractivity contribution in [2.75, 3.05) is 28.3 Å². The minimum absolute atomic E-state index is 0.0300. The van der Waals surface area contributed by atoms with Gasteiger partial charge in [0.05, 0.1) is 5.69 Å². The smallest absolute Gasteiger partial charge is 0.335 e. The molecule has 0 saturated carbocycles. The summed E-state index contributed by atoms with van der Waals surface area (Å²) in [5.74, 6) is -3.89. The number of hydrogen-bond donors (Lipinski definition) is 2. The van der Waals surface area contributed by atoms with Crippen molar-refractivity contribution in [3.8, 4) is 0 Å². The van der Waals surface area contributed by atoms with Gasteiger partial charge in [0.1, 0.15) is 5.54 Å². The van der Waals surface area contributed by atoms with Gasteiger partial charge in [0.2, 0.25) is 0 Å². The molecule has 0 spiro atoms. The molecule has 44 heavy (non-hydrogen) atoms. The zero-order valence-corrected chi connectivity index (χ0v) is 27.2. The van der Waals surface area contributed by atoms with Gasteiger partial charge >= 0.3 is 24.2 Å². The monoisotopic (exact) mass is 650 g/mol. The molecule has 0 radical (unpaired) electrons. The van der Waals surface area contributed by atoms with Crippen molar-refractivity contribution in [2.45, 2.75) is 123 Å². The first-order valence-electron chi connectivity index (χ1n) is 15.4. The molecule has 1 saturated heterocycles.